The van der Waals surface area contributed by atoms with Crippen LogP contribution < -0.4 is 20.2 Å². The van der Waals surface area contributed by atoms with Crippen molar-refractivity contribution in [2.24, 2.45) is 10.8 Å². The predicted molar refractivity (Wildman–Crippen MR) is 124 cm³/mol. The third kappa shape index (κ3) is 6.62. The van der Waals surface area contributed by atoms with Crippen LogP contribution in [0.15, 0.2) is 88.9 Å². The standard InChI is InChI=1S/C23H21FN4O5S/c24-18-8-10-19(11-9-18)28(34(31,32)21-4-2-1-3-5-21)15-23(30)27-26-14-17-6-12-20(13-7-17)33-16-22(25)29/h1-14H,15-16H2,(H2,25,29)(H,27,30)/b26-14-. The van der Waals surface area contributed by atoms with E-state index >= 15 is 0 Å². The summed E-state index contributed by atoms with van der Waals surface area (Å²) in [6.07, 6.45) is 1.35. The Morgan fingerprint density at radius 3 is 2.26 bits per heavy atom. The van der Waals surface area contributed by atoms with E-state index in [2.05, 4.69) is 10.5 Å². The van der Waals surface area contributed by atoms with Crippen LogP contribution in [0.4, 0.5) is 10.1 Å². The number of benzene rings is 3. The molecule has 11 heteroatoms. The van der Waals surface area contributed by atoms with Crippen molar-refractivity contribution in [3.8, 4) is 5.75 Å². The third-order valence-corrected chi connectivity index (χ3v) is 6.19. The Morgan fingerprint density at radius 2 is 1.65 bits per heavy atom. The molecule has 0 saturated heterocycles. The molecule has 3 aromatic carbocycles. The minimum atomic E-state index is -4.10. The summed E-state index contributed by atoms with van der Waals surface area (Å²) >= 11 is 0. The molecule has 0 aromatic heterocycles. The molecule has 0 spiro atoms. The first-order chi connectivity index (χ1) is 16.3. The van der Waals surface area contributed by atoms with Crippen LogP contribution in [0.1, 0.15) is 5.56 Å². The number of carbonyl (C=O) groups is 2. The van der Waals surface area contributed by atoms with E-state index in [1.165, 1.54) is 30.5 Å². The van der Waals surface area contributed by atoms with E-state index in [1.807, 2.05) is 0 Å². The molecular formula is C23H21FN4O5S. The molecule has 0 radical (unpaired) electrons. The summed E-state index contributed by atoms with van der Waals surface area (Å²) in [7, 11) is -4.10. The lowest BCUT2D eigenvalue weighted by molar-refractivity contribution is -0.120. The number of sulfonamides is 1. The van der Waals surface area contributed by atoms with Gasteiger partial charge in [0, 0.05) is 0 Å². The van der Waals surface area contributed by atoms with Crippen molar-refractivity contribution >= 4 is 33.7 Å². The highest BCUT2D eigenvalue weighted by atomic mass is 32.2. The van der Waals surface area contributed by atoms with Crippen molar-refractivity contribution < 1.29 is 27.1 Å². The largest absolute Gasteiger partial charge is 0.484 e. The normalized spacial score (nSPS) is 11.2. The van der Waals surface area contributed by atoms with Gasteiger partial charge < -0.3 is 10.5 Å². The molecule has 0 aliphatic rings. The summed E-state index contributed by atoms with van der Waals surface area (Å²) < 4.78 is 45.7. The number of hydrogen-bond acceptors (Lipinski definition) is 6. The molecular weight excluding hydrogens is 463 g/mol. The number of nitrogens with two attached hydrogens (primary N) is 1. The summed E-state index contributed by atoms with van der Waals surface area (Å²) in [4.78, 5) is 23.2. The fourth-order valence-corrected chi connectivity index (χ4v) is 4.23. The maximum absolute atomic E-state index is 13.4. The summed E-state index contributed by atoms with van der Waals surface area (Å²) in [6, 6.07) is 18.8. The Kier molecular flexibility index (Phi) is 7.93. The fourth-order valence-electron chi connectivity index (χ4n) is 2.79. The van der Waals surface area contributed by atoms with Crippen LogP contribution in [0.2, 0.25) is 0 Å². The van der Waals surface area contributed by atoms with Crippen LogP contribution in [0.25, 0.3) is 0 Å². The summed E-state index contributed by atoms with van der Waals surface area (Å²) in [5.74, 6) is -1.42. The van der Waals surface area contributed by atoms with Gasteiger partial charge >= 0.3 is 0 Å². The Balaban J connectivity index is 1.71. The first-order valence-corrected chi connectivity index (χ1v) is 11.4. The molecule has 3 aromatic rings. The molecule has 0 aliphatic carbocycles. The van der Waals surface area contributed by atoms with E-state index in [0.717, 1.165) is 16.4 Å². The van der Waals surface area contributed by atoms with Crippen LogP contribution in [-0.2, 0) is 19.6 Å². The highest BCUT2D eigenvalue weighted by Crippen LogP contribution is 2.23. The van der Waals surface area contributed by atoms with Gasteiger partial charge in [-0.05, 0) is 66.2 Å². The lowest BCUT2D eigenvalue weighted by Gasteiger charge is -2.23. The second kappa shape index (κ2) is 11.1. The maximum atomic E-state index is 13.4. The van der Waals surface area contributed by atoms with Crippen LogP contribution in [0.5, 0.6) is 5.75 Å². The zero-order chi connectivity index (χ0) is 24.6. The number of rotatable bonds is 10. The average molecular weight is 485 g/mol. The number of nitrogens with zero attached hydrogens (tertiary/aromatic N) is 2. The molecule has 0 atom stereocenters. The fraction of sp³-hybridized carbons (Fsp3) is 0.0870. The van der Waals surface area contributed by atoms with Crippen molar-refractivity contribution in [2.75, 3.05) is 17.5 Å². The van der Waals surface area contributed by atoms with Crippen LogP contribution in [0, 0.1) is 5.82 Å². The number of primary amides is 1. The molecule has 3 N–H and O–H groups in total. The minimum Gasteiger partial charge on any atom is -0.484 e. The first kappa shape index (κ1) is 24.4. The van der Waals surface area contributed by atoms with Gasteiger partial charge in [-0.3, -0.25) is 13.9 Å². The molecule has 2 amide bonds. The lowest BCUT2D eigenvalue weighted by Crippen LogP contribution is -2.39. The van der Waals surface area contributed by atoms with Crippen molar-refractivity contribution in [3.63, 3.8) is 0 Å². The molecule has 0 bridgehead atoms. The zero-order valence-electron chi connectivity index (χ0n) is 17.8. The van der Waals surface area contributed by atoms with Crippen molar-refractivity contribution in [1.29, 1.82) is 0 Å². The highest BCUT2D eigenvalue weighted by Gasteiger charge is 2.27. The van der Waals surface area contributed by atoms with Gasteiger partial charge in [-0.2, -0.15) is 5.10 Å². The summed E-state index contributed by atoms with van der Waals surface area (Å²) in [5.41, 5.74) is 8.03. The van der Waals surface area contributed by atoms with Crippen LogP contribution in [-0.4, -0.2) is 39.6 Å². The summed E-state index contributed by atoms with van der Waals surface area (Å²) in [5, 5.41) is 3.84. The van der Waals surface area contributed by atoms with Gasteiger partial charge in [0.2, 0.25) is 0 Å². The molecule has 0 saturated carbocycles. The first-order valence-electron chi connectivity index (χ1n) is 9.92. The minimum absolute atomic E-state index is 0.0192. The van der Waals surface area contributed by atoms with E-state index in [-0.39, 0.29) is 17.2 Å². The van der Waals surface area contributed by atoms with Gasteiger partial charge in [-0.25, -0.2) is 18.2 Å². The molecule has 0 unspecified atom stereocenters. The molecule has 0 aliphatic heterocycles. The molecule has 3 rings (SSSR count). The monoisotopic (exact) mass is 484 g/mol. The number of nitrogens with one attached hydrogen (secondary N) is 1. The second-order valence-electron chi connectivity index (χ2n) is 6.92. The van der Waals surface area contributed by atoms with Gasteiger partial charge in [-0.1, -0.05) is 18.2 Å². The molecule has 0 heterocycles. The Bertz CT molecular complexity index is 1260. The van der Waals surface area contributed by atoms with E-state index in [1.54, 1.807) is 42.5 Å². The number of ether oxygens (including phenoxy) is 1. The maximum Gasteiger partial charge on any atom is 0.264 e. The van der Waals surface area contributed by atoms with Crippen molar-refractivity contribution in [1.82, 2.24) is 5.43 Å². The van der Waals surface area contributed by atoms with Crippen molar-refractivity contribution in [2.45, 2.75) is 4.90 Å². The van der Waals surface area contributed by atoms with Gasteiger partial charge in [0.15, 0.2) is 6.61 Å². The predicted octanol–water partition coefficient (Wildman–Crippen LogP) is 2.04. The Morgan fingerprint density at radius 1 is 1.00 bits per heavy atom. The smallest absolute Gasteiger partial charge is 0.264 e. The molecule has 176 valence electrons. The number of amides is 2. The van der Waals surface area contributed by atoms with Crippen LogP contribution >= 0.6 is 0 Å². The van der Waals surface area contributed by atoms with Crippen molar-refractivity contribution in [3.05, 3.63) is 90.2 Å². The molecule has 0 fully saturated rings. The van der Waals surface area contributed by atoms with Gasteiger partial charge in [0.05, 0.1) is 16.8 Å². The van der Waals surface area contributed by atoms with Gasteiger partial charge in [0.1, 0.15) is 18.1 Å². The number of hydrogen-bond donors (Lipinski definition) is 2. The van der Waals surface area contributed by atoms with E-state index in [9.17, 15) is 22.4 Å². The topological polar surface area (TPSA) is 131 Å². The molecule has 34 heavy (non-hydrogen) atoms. The quantitative estimate of drug-likeness (QED) is 0.336. The highest BCUT2D eigenvalue weighted by molar-refractivity contribution is 7.92. The second-order valence-corrected chi connectivity index (χ2v) is 8.78. The van der Waals surface area contributed by atoms with E-state index in [4.69, 9.17) is 10.5 Å². The lowest BCUT2D eigenvalue weighted by atomic mass is 10.2. The average Bonchev–Trinajstić information content (AvgIpc) is 2.83. The number of hydrazone groups is 1. The SMILES string of the molecule is NC(=O)COc1ccc(/C=N\NC(=O)CN(c2ccc(F)cc2)S(=O)(=O)c2ccccc2)cc1. The number of carbonyl (C=O) groups excluding carboxylic acids is 2. The Labute approximate surface area is 195 Å². The number of anilines is 1. The number of halogens is 1. The molecule has 9 nitrogen and oxygen atoms in total. The summed E-state index contributed by atoms with van der Waals surface area (Å²) in [6.45, 7) is -0.833. The van der Waals surface area contributed by atoms with E-state index < -0.39 is 34.2 Å². The van der Waals surface area contributed by atoms with Gasteiger partial charge in [-0.15, -0.1) is 0 Å². The van der Waals surface area contributed by atoms with Crippen LogP contribution in [0.3, 0.4) is 0 Å². The van der Waals surface area contributed by atoms with Gasteiger partial charge in [0.25, 0.3) is 21.8 Å². The zero-order valence-corrected chi connectivity index (χ0v) is 18.6. The van der Waals surface area contributed by atoms with E-state index in [0.29, 0.717) is 11.3 Å². The Hall–Kier alpha value is -4.25. The third-order valence-electron chi connectivity index (χ3n) is 4.40.